The second-order valence-electron chi connectivity index (χ2n) is 5.46. The fourth-order valence-corrected chi connectivity index (χ4v) is 2.73. The maximum absolute atomic E-state index is 12.6. The highest BCUT2D eigenvalue weighted by molar-refractivity contribution is 9.10. The molecule has 0 aliphatic rings. The number of anilines is 1. The second-order valence-corrected chi connectivity index (χ2v) is 6.38. The van der Waals surface area contributed by atoms with E-state index in [1.807, 2.05) is 65.6 Å². The van der Waals surface area contributed by atoms with E-state index < -0.39 is 0 Å². The first-order valence-electron chi connectivity index (χ1n) is 7.71. The number of nitrogens with zero attached hydrogens (tertiary/aromatic N) is 2. The number of ketones is 1. The Balaban J connectivity index is 1.82. The van der Waals surface area contributed by atoms with Crippen molar-refractivity contribution < 1.29 is 4.79 Å². The molecule has 0 atom stereocenters. The number of rotatable bonds is 6. The van der Waals surface area contributed by atoms with Gasteiger partial charge in [0.15, 0.2) is 5.78 Å². The molecule has 0 amide bonds. The number of benzene rings is 2. The molecule has 120 valence electrons. The highest BCUT2D eigenvalue weighted by atomic mass is 79.9. The Kier molecular flexibility index (Phi) is 5.39. The number of carbonyl (C=O) groups is 1. The standard InChI is InChI=1S/C20H17BrN2O/c21-18-11-9-17(10-12-18)19(24)15-23(20-8-4-5-13-22-20)14-16-6-2-1-3-7-16/h1-13H,14-15H2. The molecule has 0 spiro atoms. The van der Waals surface area contributed by atoms with E-state index in [9.17, 15) is 4.79 Å². The first-order valence-corrected chi connectivity index (χ1v) is 8.50. The minimum atomic E-state index is 0.0732. The minimum absolute atomic E-state index is 0.0732. The van der Waals surface area contributed by atoms with E-state index in [-0.39, 0.29) is 12.3 Å². The molecular weight excluding hydrogens is 364 g/mol. The van der Waals surface area contributed by atoms with Crippen LogP contribution in [-0.2, 0) is 6.54 Å². The third kappa shape index (κ3) is 4.30. The number of Topliss-reactive ketones (excluding diaryl/α,β-unsaturated/α-hetero) is 1. The van der Waals surface area contributed by atoms with Crippen molar-refractivity contribution >= 4 is 27.5 Å². The zero-order valence-electron chi connectivity index (χ0n) is 13.1. The van der Waals surface area contributed by atoms with E-state index in [2.05, 4.69) is 33.0 Å². The Bertz CT molecular complexity index is 789. The van der Waals surface area contributed by atoms with Crippen LogP contribution in [-0.4, -0.2) is 17.3 Å². The largest absolute Gasteiger partial charge is 0.345 e. The summed E-state index contributed by atoms with van der Waals surface area (Å²) < 4.78 is 0.963. The van der Waals surface area contributed by atoms with E-state index in [0.717, 1.165) is 15.9 Å². The zero-order valence-corrected chi connectivity index (χ0v) is 14.7. The Morgan fingerprint density at radius 3 is 2.29 bits per heavy atom. The number of carbonyl (C=O) groups excluding carboxylic acids is 1. The highest BCUT2D eigenvalue weighted by Gasteiger charge is 2.14. The SMILES string of the molecule is O=C(CN(Cc1ccccc1)c1ccccn1)c1ccc(Br)cc1. The van der Waals surface area contributed by atoms with Crippen LogP contribution in [0.25, 0.3) is 0 Å². The van der Waals surface area contributed by atoms with Crippen LogP contribution in [0.15, 0.2) is 83.5 Å². The second kappa shape index (κ2) is 7.88. The number of pyridine rings is 1. The normalized spacial score (nSPS) is 10.4. The Hall–Kier alpha value is -2.46. The molecule has 3 aromatic rings. The van der Waals surface area contributed by atoms with Gasteiger partial charge >= 0.3 is 0 Å². The van der Waals surface area contributed by atoms with E-state index in [4.69, 9.17) is 0 Å². The number of hydrogen-bond acceptors (Lipinski definition) is 3. The van der Waals surface area contributed by atoms with Gasteiger partial charge < -0.3 is 4.90 Å². The molecule has 0 bridgehead atoms. The Morgan fingerprint density at radius 1 is 0.917 bits per heavy atom. The topological polar surface area (TPSA) is 33.2 Å². The number of halogens is 1. The van der Waals surface area contributed by atoms with Crippen LogP contribution < -0.4 is 4.90 Å². The summed E-state index contributed by atoms with van der Waals surface area (Å²) in [7, 11) is 0. The fraction of sp³-hybridized carbons (Fsp3) is 0.100. The summed E-state index contributed by atoms with van der Waals surface area (Å²) in [4.78, 5) is 19.0. The molecule has 4 heteroatoms. The molecule has 0 saturated heterocycles. The fourth-order valence-electron chi connectivity index (χ4n) is 2.46. The maximum Gasteiger partial charge on any atom is 0.182 e. The van der Waals surface area contributed by atoms with Crippen molar-refractivity contribution in [3.63, 3.8) is 0 Å². The lowest BCUT2D eigenvalue weighted by molar-refractivity contribution is 0.0998. The number of aromatic nitrogens is 1. The molecule has 0 fully saturated rings. The first kappa shape index (κ1) is 16.4. The molecule has 0 unspecified atom stereocenters. The van der Waals surface area contributed by atoms with Crippen molar-refractivity contribution in [1.29, 1.82) is 0 Å². The van der Waals surface area contributed by atoms with Crippen molar-refractivity contribution in [2.75, 3.05) is 11.4 Å². The molecule has 24 heavy (non-hydrogen) atoms. The number of hydrogen-bond donors (Lipinski definition) is 0. The van der Waals surface area contributed by atoms with Crippen LogP contribution in [0.5, 0.6) is 0 Å². The summed E-state index contributed by atoms with van der Waals surface area (Å²) >= 11 is 3.39. The van der Waals surface area contributed by atoms with Gasteiger partial charge in [-0.25, -0.2) is 4.98 Å². The van der Waals surface area contributed by atoms with Crippen molar-refractivity contribution in [3.05, 3.63) is 94.6 Å². The molecule has 3 rings (SSSR count). The lowest BCUT2D eigenvalue weighted by Crippen LogP contribution is -2.30. The smallest absolute Gasteiger partial charge is 0.182 e. The summed E-state index contributed by atoms with van der Waals surface area (Å²) in [5.41, 5.74) is 1.85. The molecule has 1 aromatic heterocycles. The van der Waals surface area contributed by atoms with Gasteiger partial charge in [0.05, 0.1) is 6.54 Å². The third-order valence-electron chi connectivity index (χ3n) is 3.69. The lowest BCUT2D eigenvalue weighted by Gasteiger charge is -2.23. The Labute approximate surface area is 150 Å². The molecule has 0 N–H and O–H groups in total. The predicted molar refractivity (Wildman–Crippen MR) is 100 cm³/mol. The molecule has 3 nitrogen and oxygen atoms in total. The van der Waals surface area contributed by atoms with Gasteiger partial charge in [0.1, 0.15) is 5.82 Å². The monoisotopic (exact) mass is 380 g/mol. The molecule has 0 aliphatic heterocycles. The van der Waals surface area contributed by atoms with Crippen LogP contribution in [0.1, 0.15) is 15.9 Å². The van der Waals surface area contributed by atoms with E-state index in [1.54, 1.807) is 6.20 Å². The molecule has 0 radical (unpaired) electrons. The first-order chi connectivity index (χ1) is 11.7. The molecular formula is C20H17BrN2O. The van der Waals surface area contributed by atoms with Gasteiger partial charge in [0.25, 0.3) is 0 Å². The van der Waals surface area contributed by atoms with Crippen LogP contribution in [0, 0.1) is 0 Å². The van der Waals surface area contributed by atoms with Crippen LogP contribution in [0.2, 0.25) is 0 Å². The molecule has 0 aliphatic carbocycles. The van der Waals surface area contributed by atoms with Gasteiger partial charge in [0, 0.05) is 22.8 Å². The van der Waals surface area contributed by atoms with Crippen LogP contribution in [0.4, 0.5) is 5.82 Å². The van der Waals surface area contributed by atoms with E-state index in [1.165, 1.54) is 0 Å². The van der Waals surface area contributed by atoms with Crippen molar-refractivity contribution in [3.8, 4) is 0 Å². The average Bonchev–Trinajstić information content (AvgIpc) is 2.63. The van der Waals surface area contributed by atoms with Gasteiger partial charge in [0.2, 0.25) is 0 Å². The van der Waals surface area contributed by atoms with Crippen LogP contribution in [0.3, 0.4) is 0 Å². The summed E-state index contributed by atoms with van der Waals surface area (Å²) in [6, 6.07) is 23.3. The van der Waals surface area contributed by atoms with Crippen molar-refractivity contribution in [2.24, 2.45) is 0 Å². The van der Waals surface area contributed by atoms with Crippen molar-refractivity contribution in [1.82, 2.24) is 4.98 Å². The van der Waals surface area contributed by atoms with Gasteiger partial charge in [-0.1, -0.05) is 64.5 Å². The van der Waals surface area contributed by atoms with Crippen molar-refractivity contribution in [2.45, 2.75) is 6.54 Å². The molecule has 2 aromatic carbocycles. The van der Waals surface area contributed by atoms with Gasteiger partial charge in [-0.05, 0) is 29.8 Å². The van der Waals surface area contributed by atoms with Crippen LogP contribution >= 0.6 is 15.9 Å². The zero-order chi connectivity index (χ0) is 16.8. The van der Waals surface area contributed by atoms with Gasteiger partial charge in [-0.2, -0.15) is 0 Å². The quantitative estimate of drug-likeness (QED) is 0.579. The molecule has 0 saturated carbocycles. The summed E-state index contributed by atoms with van der Waals surface area (Å²) in [6.07, 6.45) is 1.75. The maximum atomic E-state index is 12.6. The van der Waals surface area contributed by atoms with E-state index in [0.29, 0.717) is 12.1 Å². The Morgan fingerprint density at radius 2 is 1.62 bits per heavy atom. The summed E-state index contributed by atoms with van der Waals surface area (Å²) in [6.45, 7) is 0.924. The summed E-state index contributed by atoms with van der Waals surface area (Å²) in [5, 5.41) is 0. The van der Waals surface area contributed by atoms with Gasteiger partial charge in [-0.3, -0.25) is 4.79 Å². The minimum Gasteiger partial charge on any atom is -0.345 e. The predicted octanol–water partition coefficient (Wildman–Crippen LogP) is 4.73. The average molecular weight is 381 g/mol. The lowest BCUT2D eigenvalue weighted by atomic mass is 10.1. The summed E-state index contributed by atoms with van der Waals surface area (Å²) in [5.74, 6) is 0.871. The van der Waals surface area contributed by atoms with Gasteiger partial charge in [-0.15, -0.1) is 0 Å². The highest BCUT2D eigenvalue weighted by Crippen LogP contribution is 2.16. The third-order valence-corrected chi connectivity index (χ3v) is 4.22. The van der Waals surface area contributed by atoms with E-state index >= 15 is 0 Å². The molecule has 1 heterocycles.